The van der Waals surface area contributed by atoms with Gasteiger partial charge < -0.3 is 0 Å². The SMILES string of the molecule is CC#CC(CCC)CCC. The molecule has 0 aromatic rings. The lowest BCUT2D eigenvalue weighted by atomic mass is 9.99. The van der Waals surface area contributed by atoms with Crippen molar-refractivity contribution in [2.45, 2.75) is 46.5 Å². The highest BCUT2D eigenvalue weighted by molar-refractivity contribution is 5.00. The van der Waals surface area contributed by atoms with Crippen molar-refractivity contribution in [2.75, 3.05) is 0 Å². The van der Waals surface area contributed by atoms with Crippen molar-refractivity contribution >= 4 is 0 Å². The Morgan fingerprint density at radius 3 is 1.90 bits per heavy atom. The molecule has 0 bridgehead atoms. The fourth-order valence-corrected chi connectivity index (χ4v) is 1.19. The third kappa shape index (κ3) is 4.44. The van der Waals surface area contributed by atoms with E-state index >= 15 is 0 Å². The molecule has 0 saturated carbocycles. The summed E-state index contributed by atoms with van der Waals surface area (Å²) >= 11 is 0. The molecule has 0 spiro atoms. The van der Waals surface area contributed by atoms with Crippen molar-refractivity contribution in [1.82, 2.24) is 0 Å². The molecule has 0 radical (unpaired) electrons. The molecule has 0 aliphatic heterocycles. The summed E-state index contributed by atoms with van der Waals surface area (Å²) in [5.74, 6) is 6.89. The lowest BCUT2D eigenvalue weighted by Gasteiger charge is -2.05. The maximum atomic E-state index is 3.23. The van der Waals surface area contributed by atoms with Gasteiger partial charge >= 0.3 is 0 Å². The largest absolute Gasteiger partial charge is 0.106 e. The molecule has 0 heteroatoms. The second kappa shape index (κ2) is 6.68. The molecule has 0 aliphatic rings. The van der Waals surface area contributed by atoms with Crippen LogP contribution in [0, 0.1) is 17.8 Å². The maximum Gasteiger partial charge on any atom is 0.0202 e. The standard InChI is InChI=1S/C10H18/c1-4-7-10(8-5-2)9-6-3/h10H,4-5,7-8H2,1-3H3. The van der Waals surface area contributed by atoms with Gasteiger partial charge in [-0.1, -0.05) is 26.7 Å². The van der Waals surface area contributed by atoms with Crippen LogP contribution >= 0.6 is 0 Å². The van der Waals surface area contributed by atoms with Gasteiger partial charge in [-0.05, 0) is 19.8 Å². The summed E-state index contributed by atoms with van der Waals surface area (Å²) in [5.41, 5.74) is 0. The first kappa shape index (κ1) is 9.56. The van der Waals surface area contributed by atoms with Crippen LogP contribution in [-0.2, 0) is 0 Å². The Morgan fingerprint density at radius 2 is 1.60 bits per heavy atom. The van der Waals surface area contributed by atoms with Gasteiger partial charge in [-0.3, -0.25) is 0 Å². The van der Waals surface area contributed by atoms with Crippen molar-refractivity contribution in [3.05, 3.63) is 0 Å². The highest BCUT2D eigenvalue weighted by atomic mass is 14.0. The quantitative estimate of drug-likeness (QED) is 0.523. The van der Waals surface area contributed by atoms with Crippen LogP contribution in [-0.4, -0.2) is 0 Å². The van der Waals surface area contributed by atoms with Gasteiger partial charge in [0.2, 0.25) is 0 Å². The summed E-state index contributed by atoms with van der Waals surface area (Å²) in [6.07, 6.45) is 5.07. The minimum Gasteiger partial charge on any atom is -0.106 e. The van der Waals surface area contributed by atoms with E-state index in [-0.39, 0.29) is 0 Å². The second-order valence-corrected chi connectivity index (χ2v) is 2.67. The first-order valence-electron chi connectivity index (χ1n) is 4.27. The normalized spacial score (nSPS) is 9.20. The summed E-state index contributed by atoms with van der Waals surface area (Å²) in [6, 6.07) is 0. The second-order valence-electron chi connectivity index (χ2n) is 2.67. The molecule has 0 aliphatic carbocycles. The van der Waals surface area contributed by atoms with Crippen molar-refractivity contribution in [1.29, 1.82) is 0 Å². The van der Waals surface area contributed by atoms with Gasteiger partial charge in [-0.15, -0.1) is 11.8 Å². The van der Waals surface area contributed by atoms with E-state index in [1.807, 2.05) is 6.92 Å². The molecule has 0 saturated heterocycles. The molecule has 0 fully saturated rings. The first-order chi connectivity index (χ1) is 4.85. The Kier molecular flexibility index (Phi) is 6.38. The van der Waals surface area contributed by atoms with Gasteiger partial charge in [0.1, 0.15) is 0 Å². The Hall–Kier alpha value is -0.440. The van der Waals surface area contributed by atoms with E-state index in [1.54, 1.807) is 0 Å². The lowest BCUT2D eigenvalue weighted by molar-refractivity contribution is 0.546. The highest BCUT2D eigenvalue weighted by Gasteiger charge is 2.00. The maximum absolute atomic E-state index is 3.23. The smallest absolute Gasteiger partial charge is 0.0202 e. The minimum absolute atomic E-state index is 0.667. The summed E-state index contributed by atoms with van der Waals surface area (Å²) < 4.78 is 0. The fourth-order valence-electron chi connectivity index (χ4n) is 1.19. The van der Waals surface area contributed by atoms with E-state index in [9.17, 15) is 0 Å². The van der Waals surface area contributed by atoms with E-state index < -0.39 is 0 Å². The van der Waals surface area contributed by atoms with Gasteiger partial charge in [0, 0.05) is 5.92 Å². The molecular formula is C10H18. The van der Waals surface area contributed by atoms with Crippen LogP contribution in [0.5, 0.6) is 0 Å². The van der Waals surface area contributed by atoms with E-state index in [0.717, 1.165) is 0 Å². The minimum atomic E-state index is 0.667. The number of hydrogen-bond acceptors (Lipinski definition) is 0. The van der Waals surface area contributed by atoms with Crippen molar-refractivity contribution in [3.8, 4) is 11.8 Å². The molecule has 0 rings (SSSR count). The molecule has 0 amide bonds. The van der Waals surface area contributed by atoms with Crippen LogP contribution in [0.25, 0.3) is 0 Å². The Balaban J connectivity index is 3.57. The zero-order chi connectivity index (χ0) is 7.82. The Bertz CT molecular complexity index is 108. The van der Waals surface area contributed by atoms with Crippen LogP contribution < -0.4 is 0 Å². The van der Waals surface area contributed by atoms with E-state index in [4.69, 9.17) is 0 Å². The Morgan fingerprint density at radius 1 is 1.10 bits per heavy atom. The molecule has 0 aromatic heterocycles. The van der Waals surface area contributed by atoms with E-state index in [2.05, 4.69) is 25.7 Å². The average molecular weight is 138 g/mol. The summed E-state index contributed by atoms with van der Waals surface area (Å²) in [6.45, 7) is 6.37. The third-order valence-electron chi connectivity index (χ3n) is 1.62. The number of rotatable bonds is 4. The highest BCUT2D eigenvalue weighted by Crippen LogP contribution is 2.11. The number of hydrogen-bond donors (Lipinski definition) is 0. The predicted octanol–water partition coefficient (Wildman–Crippen LogP) is 3.23. The van der Waals surface area contributed by atoms with Crippen LogP contribution in [0.15, 0.2) is 0 Å². The van der Waals surface area contributed by atoms with Crippen molar-refractivity contribution in [2.24, 2.45) is 5.92 Å². The molecule has 58 valence electrons. The van der Waals surface area contributed by atoms with Crippen molar-refractivity contribution < 1.29 is 0 Å². The molecule has 0 aromatic carbocycles. The van der Waals surface area contributed by atoms with Crippen LogP contribution in [0.1, 0.15) is 46.5 Å². The van der Waals surface area contributed by atoms with Gasteiger partial charge in [0.15, 0.2) is 0 Å². The fraction of sp³-hybridized carbons (Fsp3) is 0.800. The molecule has 10 heavy (non-hydrogen) atoms. The van der Waals surface area contributed by atoms with Crippen LogP contribution in [0.2, 0.25) is 0 Å². The molecule has 0 N–H and O–H groups in total. The topological polar surface area (TPSA) is 0 Å². The predicted molar refractivity (Wildman–Crippen MR) is 46.8 cm³/mol. The third-order valence-corrected chi connectivity index (χ3v) is 1.62. The summed E-state index contributed by atoms with van der Waals surface area (Å²) in [5, 5.41) is 0. The molecule has 0 unspecified atom stereocenters. The first-order valence-corrected chi connectivity index (χ1v) is 4.27. The van der Waals surface area contributed by atoms with Crippen LogP contribution in [0.3, 0.4) is 0 Å². The van der Waals surface area contributed by atoms with Gasteiger partial charge in [-0.25, -0.2) is 0 Å². The van der Waals surface area contributed by atoms with Gasteiger partial charge in [0.05, 0.1) is 0 Å². The zero-order valence-electron chi connectivity index (χ0n) is 7.41. The van der Waals surface area contributed by atoms with Gasteiger partial charge in [0.25, 0.3) is 0 Å². The molecule has 0 nitrogen and oxygen atoms in total. The molecular weight excluding hydrogens is 120 g/mol. The van der Waals surface area contributed by atoms with Gasteiger partial charge in [-0.2, -0.15) is 0 Å². The lowest BCUT2D eigenvalue weighted by Crippen LogP contribution is -1.94. The van der Waals surface area contributed by atoms with E-state index in [1.165, 1.54) is 25.7 Å². The van der Waals surface area contributed by atoms with Crippen LogP contribution in [0.4, 0.5) is 0 Å². The molecule has 0 atom stereocenters. The molecule has 0 heterocycles. The summed E-state index contributed by atoms with van der Waals surface area (Å²) in [4.78, 5) is 0. The zero-order valence-corrected chi connectivity index (χ0v) is 7.41. The monoisotopic (exact) mass is 138 g/mol. The Labute approximate surface area is 65.0 Å². The van der Waals surface area contributed by atoms with E-state index in [0.29, 0.717) is 5.92 Å². The van der Waals surface area contributed by atoms with Crippen molar-refractivity contribution in [3.63, 3.8) is 0 Å². The summed E-state index contributed by atoms with van der Waals surface area (Å²) in [7, 11) is 0. The average Bonchev–Trinajstić information content (AvgIpc) is 1.90.